The van der Waals surface area contributed by atoms with Crippen LogP contribution in [-0.4, -0.2) is 14.1 Å². The summed E-state index contributed by atoms with van der Waals surface area (Å²) >= 11 is -3.84. The second kappa shape index (κ2) is 7.57. The van der Waals surface area contributed by atoms with Gasteiger partial charge in [0.2, 0.25) is 0 Å². The van der Waals surface area contributed by atoms with Crippen molar-refractivity contribution in [2.45, 2.75) is 6.92 Å². The van der Waals surface area contributed by atoms with Gasteiger partial charge in [-0.1, -0.05) is 19.3 Å². The molecule has 0 unspecified atom stereocenters. The number of halogens is 8. The third-order valence-corrected chi connectivity index (χ3v) is 7.40. The van der Waals surface area contributed by atoms with E-state index in [0.717, 1.165) is 6.07 Å². The molecular formula is C19H9AlF8. The first-order valence-corrected chi connectivity index (χ1v) is 9.57. The van der Waals surface area contributed by atoms with Crippen LogP contribution in [0, 0.1) is 53.5 Å². The molecule has 0 heterocycles. The average Bonchev–Trinajstić information content (AvgIpc) is 2.60. The first kappa shape index (κ1) is 20.4. The number of aryl methyl sites for hydroxylation is 1. The molecule has 0 aliphatic carbocycles. The van der Waals surface area contributed by atoms with Gasteiger partial charge in [0.15, 0.2) is 11.6 Å². The van der Waals surface area contributed by atoms with Gasteiger partial charge in [0.1, 0.15) is 34.9 Å². The molecule has 3 aromatic carbocycles. The largest absolute Gasteiger partial charge is 0.398 e. The van der Waals surface area contributed by atoms with Crippen molar-refractivity contribution in [3.8, 4) is 0 Å². The number of hydrogen-bond acceptors (Lipinski definition) is 0. The van der Waals surface area contributed by atoms with Crippen LogP contribution in [0.5, 0.6) is 0 Å². The van der Waals surface area contributed by atoms with Crippen molar-refractivity contribution in [3.63, 3.8) is 0 Å². The molecule has 0 saturated carbocycles. The van der Waals surface area contributed by atoms with Crippen LogP contribution >= 0.6 is 0 Å². The molecule has 0 aliphatic heterocycles. The Morgan fingerprint density at radius 3 is 1.43 bits per heavy atom. The number of hydrogen-bond donors (Lipinski definition) is 0. The maximum Gasteiger partial charge on any atom is 0.398 e. The third-order valence-electron chi connectivity index (χ3n) is 4.25. The quantitative estimate of drug-likeness (QED) is 0.348. The molecule has 0 bridgehead atoms. The monoisotopic (exact) mass is 416 g/mol. The highest BCUT2D eigenvalue weighted by Gasteiger charge is 2.36. The first-order chi connectivity index (χ1) is 13.1. The van der Waals surface area contributed by atoms with E-state index in [1.54, 1.807) is 0 Å². The maximum absolute atomic E-state index is 14.5. The minimum atomic E-state index is -3.84. The summed E-state index contributed by atoms with van der Waals surface area (Å²) in [7, 11) is 0. The van der Waals surface area contributed by atoms with Crippen LogP contribution in [0.4, 0.5) is 35.1 Å². The Morgan fingerprint density at radius 2 is 0.964 bits per heavy atom. The van der Waals surface area contributed by atoms with E-state index in [-0.39, 0.29) is 17.7 Å². The lowest BCUT2D eigenvalue weighted by Crippen LogP contribution is -2.56. The summed E-state index contributed by atoms with van der Waals surface area (Å²) in [5, 5.41) is 0. The van der Waals surface area contributed by atoms with Crippen LogP contribution in [0.15, 0.2) is 36.4 Å². The van der Waals surface area contributed by atoms with Gasteiger partial charge >= 0.3 is 14.1 Å². The van der Waals surface area contributed by atoms with Crippen molar-refractivity contribution in [2.75, 3.05) is 0 Å². The summed E-state index contributed by atoms with van der Waals surface area (Å²) in [6.07, 6.45) is 0. The molecule has 0 spiro atoms. The van der Waals surface area contributed by atoms with E-state index in [0.29, 0.717) is 18.2 Å². The van der Waals surface area contributed by atoms with Crippen molar-refractivity contribution in [1.82, 2.24) is 0 Å². The van der Waals surface area contributed by atoms with Crippen LogP contribution in [0.3, 0.4) is 0 Å². The van der Waals surface area contributed by atoms with Gasteiger partial charge in [0.05, 0.1) is 0 Å². The lowest BCUT2D eigenvalue weighted by Gasteiger charge is -2.18. The third kappa shape index (κ3) is 3.64. The van der Waals surface area contributed by atoms with Gasteiger partial charge in [-0.25, -0.2) is 35.1 Å². The Morgan fingerprint density at radius 1 is 0.500 bits per heavy atom. The molecule has 0 aliphatic rings. The second-order valence-electron chi connectivity index (χ2n) is 6.14. The summed E-state index contributed by atoms with van der Waals surface area (Å²) in [4.78, 5) is 0. The normalized spacial score (nSPS) is 11.0. The van der Waals surface area contributed by atoms with Crippen molar-refractivity contribution >= 4 is 27.4 Å². The Labute approximate surface area is 158 Å². The van der Waals surface area contributed by atoms with E-state index in [1.165, 1.54) is 6.92 Å². The molecule has 0 N–H and O–H groups in total. The number of benzene rings is 3. The molecular weight excluding hydrogens is 407 g/mol. The van der Waals surface area contributed by atoms with Gasteiger partial charge in [-0.05, 0) is 24.6 Å². The summed E-state index contributed by atoms with van der Waals surface area (Å²) in [6.45, 7) is 1.23. The van der Waals surface area contributed by atoms with Crippen LogP contribution in [-0.2, 0) is 0 Å². The van der Waals surface area contributed by atoms with Gasteiger partial charge in [-0.15, -0.1) is 0 Å². The van der Waals surface area contributed by atoms with Gasteiger partial charge in [0.25, 0.3) is 0 Å². The molecule has 0 nitrogen and oxygen atoms in total. The lowest BCUT2D eigenvalue weighted by molar-refractivity contribution is 0.498. The molecule has 9 heteroatoms. The van der Waals surface area contributed by atoms with E-state index in [9.17, 15) is 35.1 Å². The summed E-state index contributed by atoms with van der Waals surface area (Å²) in [5.74, 6) is -11.2. The Balaban J connectivity index is 2.42. The fourth-order valence-electron chi connectivity index (χ4n) is 2.98. The molecule has 0 saturated heterocycles. The van der Waals surface area contributed by atoms with E-state index in [4.69, 9.17) is 0 Å². The van der Waals surface area contributed by atoms with Crippen LogP contribution in [0.25, 0.3) is 0 Å². The van der Waals surface area contributed by atoms with Crippen molar-refractivity contribution < 1.29 is 35.1 Å². The van der Waals surface area contributed by atoms with E-state index >= 15 is 0 Å². The van der Waals surface area contributed by atoms with Crippen LogP contribution in [0.1, 0.15) is 5.56 Å². The molecule has 0 amide bonds. The fourth-order valence-corrected chi connectivity index (χ4v) is 6.19. The minimum Gasteiger partial charge on any atom is -0.208 e. The van der Waals surface area contributed by atoms with Gasteiger partial charge in [-0.3, -0.25) is 0 Å². The zero-order chi connectivity index (χ0) is 20.7. The van der Waals surface area contributed by atoms with Crippen molar-refractivity contribution in [3.05, 3.63) is 88.5 Å². The topological polar surface area (TPSA) is 0 Å². The molecule has 144 valence electrons. The van der Waals surface area contributed by atoms with E-state index < -0.39 is 74.0 Å². The first-order valence-electron chi connectivity index (χ1n) is 7.84. The van der Waals surface area contributed by atoms with Gasteiger partial charge < -0.3 is 0 Å². The SMILES string of the molecule is Cc1c[c]([Al]([c]2cc(F)cc(F)c2F)[c]2cc(F)cc(F)c2F)c(F)cc1F. The standard InChI is InChI=1S/C7H5F2.2C6H2F3.Al/c1-5-2-3-6(8)4-7(5)9;2*7-4-1-2-5(8)6(9)3-4;/h2,4H,1H3;2*1,3H;. The fraction of sp³-hybridized carbons (Fsp3) is 0.0526. The van der Waals surface area contributed by atoms with Gasteiger partial charge in [-0.2, -0.15) is 0 Å². The lowest BCUT2D eigenvalue weighted by atomic mass is 10.2. The average molecular weight is 416 g/mol. The predicted octanol–water partition coefficient (Wildman–Crippen LogP) is 3.62. The molecule has 28 heavy (non-hydrogen) atoms. The van der Waals surface area contributed by atoms with Crippen LogP contribution < -0.4 is 13.3 Å². The molecule has 0 aromatic heterocycles. The zero-order valence-corrected chi connectivity index (χ0v) is 15.2. The van der Waals surface area contributed by atoms with Crippen molar-refractivity contribution in [2.24, 2.45) is 0 Å². The second-order valence-corrected chi connectivity index (χ2v) is 8.87. The molecule has 0 radical (unpaired) electrons. The van der Waals surface area contributed by atoms with Gasteiger partial charge in [0, 0.05) is 18.2 Å². The Kier molecular flexibility index (Phi) is 5.51. The predicted molar refractivity (Wildman–Crippen MR) is 88.4 cm³/mol. The molecule has 3 aromatic rings. The Bertz CT molecular complexity index is 1020. The highest BCUT2D eigenvalue weighted by Crippen LogP contribution is 2.14. The molecule has 0 atom stereocenters. The molecule has 3 rings (SSSR count). The number of rotatable bonds is 3. The summed E-state index contributed by atoms with van der Waals surface area (Å²) in [6, 6.07) is 2.81. The molecule has 0 fully saturated rings. The summed E-state index contributed by atoms with van der Waals surface area (Å²) in [5.41, 5.74) is -0.122. The summed E-state index contributed by atoms with van der Waals surface area (Å²) < 4.78 is 110. The zero-order valence-electron chi connectivity index (χ0n) is 14.1. The van der Waals surface area contributed by atoms with E-state index in [1.807, 2.05) is 0 Å². The van der Waals surface area contributed by atoms with Crippen LogP contribution in [0.2, 0.25) is 0 Å². The van der Waals surface area contributed by atoms with E-state index in [2.05, 4.69) is 0 Å². The Hall–Kier alpha value is -2.37. The minimum absolute atomic E-state index is 0.122. The highest BCUT2D eigenvalue weighted by molar-refractivity contribution is 6.95. The smallest absolute Gasteiger partial charge is 0.208 e. The maximum atomic E-state index is 14.5. The highest BCUT2D eigenvalue weighted by atomic mass is 27.2. The van der Waals surface area contributed by atoms with Crippen molar-refractivity contribution in [1.29, 1.82) is 0 Å².